The largest absolute Gasteiger partial charge is 0.309 e. The first kappa shape index (κ1) is 28.2. The Morgan fingerprint density at radius 3 is 2.32 bits per heavy atom. The van der Waals surface area contributed by atoms with Crippen LogP contribution in [0.2, 0.25) is 5.02 Å². The van der Waals surface area contributed by atoms with E-state index >= 15 is 0 Å². The molecule has 0 aliphatic heterocycles. The molecule has 0 bridgehead atoms. The number of halogens is 1. The Balaban J connectivity index is 1.59. The van der Waals surface area contributed by atoms with Crippen molar-refractivity contribution in [3.63, 3.8) is 0 Å². The molecule has 0 spiro atoms. The summed E-state index contributed by atoms with van der Waals surface area (Å²) in [6.45, 7) is 3.49. The molecule has 3 aromatic carbocycles. The molecule has 1 aromatic heterocycles. The highest BCUT2D eigenvalue weighted by atomic mass is 35.5. The summed E-state index contributed by atoms with van der Waals surface area (Å²) in [5.74, 6) is -0.229. The van der Waals surface area contributed by atoms with Crippen LogP contribution in [0.1, 0.15) is 27.9 Å². The first-order valence-corrected chi connectivity index (χ1v) is 14.8. The van der Waals surface area contributed by atoms with Crippen molar-refractivity contribution >= 4 is 54.2 Å². The number of carbonyl (C=O) groups excluding carboxylic acids is 1. The van der Waals surface area contributed by atoms with Crippen LogP contribution < -0.4 is 4.90 Å². The summed E-state index contributed by atoms with van der Waals surface area (Å²) in [6.07, 6.45) is 0.755. The Hall–Kier alpha value is -2.82. The third-order valence-electron chi connectivity index (χ3n) is 6.16. The van der Waals surface area contributed by atoms with Gasteiger partial charge in [0.15, 0.2) is 5.13 Å². The fourth-order valence-corrected chi connectivity index (χ4v) is 6.72. The molecule has 1 heterocycles. The summed E-state index contributed by atoms with van der Waals surface area (Å²) in [7, 11) is 1.81. The van der Waals surface area contributed by atoms with Gasteiger partial charge in [0, 0.05) is 30.7 Å². The predicted octanol–water partition coefficient (Wildman–Crippen LogP) is 5.68. The number of rotatable bonds is 10. The SMILES string of the molecule is Cc1cc(Cl)cc2sc(N(CCCN(C)C)C(=O)c3ccc(S(=O)(=O)N(C)Cc4ccccc4)cc3)nc12. The standard InChI is InChI=1S/C28H31ClN4O3S2/c1-20-17-23(29)18-25-26(20)30-28(37-25)33(16-8-15-31(2)3)27(34)22-11-13-24(14-12-22)38(35,36)32(4)19-21-9-6-5-7-10-21/h5-7,9-14,17-18H,8,15-16,19H2,1-4H3. The van der Waals surface area contributed by atoms with Crippen LogP contribution in [0.3, 0.4) is 0 Å². The highest BCUT2D eigenvalue weighted by molar-refractivity contribution is 7.89. The molecule has 38 heavy (non-hydrogen) atoms. The molecule has 0 atom stereocenters. The number of carbonyl (C=O) groups is 1. The number of hydrogen-bond acceptors (Lipinski definition) is 6. The van der Waals surface area contributed by atoms with Gasteiger partial charge in [-0.15, -0.1) is 0 Å². The third kappa shape index (κ3) is 6.42. The maximum Gasteiger partial charge on any atom is 0.260 e. The third-order valence-corrected chi connectivity index (χ3v) is 9.22. The number of aryl methyl sites for hydroxylation is 1. The van der Waals surface area contributed by atoms with Crippen molar-refractivity contribution in [2.45, 2.75) is 24.8 Å². The Kier molecular flexibility index (Phi) is 8.85. The minimum atomic E-state index is -3.72. The highest BCUT2D eigenvalue weighted by Gasteiger charge is 2.24. The van der Waals surface area contributed by atoms with Crippen LogP contribution in [0.15, 0.2) is 71.6 Å². The molecule has 0 unspecified atom stereocenters. The van der Waals surface area contributed by atoms with Crippen molar-refractivity contribution in [2.75, 3.05) is 39.1 Å². The number of anilines is 1. The van der Waals surface area contributed by atoms with Crippen molar-refractivity contribution in [1.82, 2.24) is 14.2 Å². The lowest BCUT2D eigenvalue weighted by Gasteiger charge is -2.21. The number of amides is 1. The monoisotopic (exact) mass is 570 g/mol. The first-order valence-electron chi connectivity index (χ1n) is 12.2. The summed E-state index contributed by atoms with van der Waals surface area (Å²) in [5.41, 5.74) is 3.06. The lowest BCUT2D eigenvalue weighted by Crippen LogP contribution is -2.33. The van der Waals surface area contributed by atoms with Crippen molar-refractivity contribution < 1.29 is 13.2 Å². The number of thiazole rings is 1. The van der Waals surface area contributed by atoms with Crippen LogP contribution in [-0.4, -0.2) is 62.7 Å². The average Bonchev–Trinajstić information content (AvgIpc) is 3.31. The van der Waals surface area contributed by atoms with Crippen molar-refractivity contribution in [3.05, 3.63) is 88.4 Å². The fourth-order valence-electron chi connectivity index (χ4n) is 4.12. The summed E-state index contributed by atoms with van der Waals surface area (Å²) < 4.78 is 28.5. The van der Waals surface area contributed by atoms with Crippen LogP contribution in [-0.2, 0) is 16.6 Å². The van der Waals surface area contributed by atoms with Crippen LogP contribution in [0.4, 0.5) is 5.13 Å². The number of hydrogen-bond donors (Lipinski definition) is 0. The van der Waals surface area contributed by atoms with Crippen molar-refractivity contribution in [3.8, 4) is 0 Å². The zero-order valence-corrected chi connectivity index (χ0v) is 24.3. The summed E-state index contributed by atoms with van der Waals surface area (Å²) in [4.78, 5) is 22.3. The molecule has 10 heteroatoms. The maximum atomic E-state index is 13.7. The molecule has 0 aliphatic rings. The number of aromatic nitrogens is 1. The molecule has 4 rings (SSSR count). The van der Waals surface area contributed by atoms with Gasteiger partial charge in [0.05, 0.1) is 15.1 Å². The topological polar surface area (TPSA) is 73.8 Å². The Morgan fingerprint density at radius 1 is 0.974 bits per heavy atom. The first-order chi connectivity index (χ1) is 18.1. The van der Waals surface area contributed by atoms with E-state index in [0.29, 0.717) is 22.3 Å². The molecular weight excluding hydrogens is 540 g/mol. The fraction of sp³-hybridized carbons (Fsp3) is 0.286. The van der Waals surface area contributed by atoms with E-state index < -0.39 is 10.0 Å². The van der Waals surface area contributed by atoms with Crippen molar-refractivity contribution in [2.24, 2.45) is 0 Å². The summed E-state index contributed by atoms with van der Waals surface area (Å²) in [6, 6.07) is 19.3. The zero-order chi connectivity index (χ0) is 27.4. The van der Waals surface area contributed by atoms with Gasteiger partial charge in [0.25, 0.3) is 5.91 Å². The quantitative estimate of drug-likeness (QED) is 0.245. The molecule has 0 radical (unpaired) electrons. The smallest absolute Gasteiger partial charge is 0.260 e. The summed E-state index contributed by atoms with van der Waals surface area (Å²) in [5, 5.41) is 1.22. The van der Waals surface area contributed by atoms with E-state index in [4.69, 9.17) is 16.6 Å². The minimum Gasteiger partial charge on any atom is -0.309 e. The molecule has 0 saturated heterocycles. The lowest BCUT2D eigenvalue weighted by atomic mass is 10.2. The van der Waals surface area contributed by atoms with E-state index in [1.807, 2.05) is 63.5 Å². The van der Waals surface area contributed by atoms with E-state index in [2.05, 4.69) is 4.90 Å². The number of fused-ring (bicyclic) bond motifs is 1. The number of sulfonamides is 1. The van der Waals surface area contributed by atoms with E-state index in [0.717, 1.165) is 34.3 Å². The molecule has 200 valence electrons. The maximum absolute atomic E-state index is 13.7. The predicted molar refractivity (Wildman–Crippen MR) is 156 cm³/mol. The van der Waals surface area contributed by atoms with E-state index in [9.17, 15) is 13.2 Å². The van der Waals surface area contributed by atoms with Crippen LogP contribution in [0.5, 0.6) is 0 Å². The zero-order valence-electron chi connectivity index (χ0n) is 21.9. The molecule has 7 nitrogen and oxygen atoms in total. The van der Waals surface area contributed by atoms with Gasteiger partial charge in [0.2, 0.25) is 10.0 Å². The van der Waals surface area contributed by atoms with Gasteiger partial charge in [-0.1, -0.05) is 53.3 Å². The van der Waals surface area contributed by atoms with E-state index in [-0.39, 0.29) is 17.3 Å². The van der Waals surface area contributed by atoms with E-state index in [1.165, 1.54) is 27.8 Å². The lowest BCUT2D eigenvalue weighted by molar-refractivity contribution is 0.0986. The van der Waals surface area contributed by atoms with Gasteiger partial charge >= 0.3 is 0 Å². The Labute approximate surface area is 233 Å². The molecule has 0 saturated carbocycles. The van der Waals surface area contributed by atoms with Crippen molar-refractivity contribution in [1.29, 1.82) is 0 Å². The van der Waals surface area contributed by atoms with Gasteiger partial charge < -0.3 is 4.90 Å². The normalized spacial score (nSPS) is 12.0. The molecular formula is C28H31ClN4O3S2. The van der Waals surface area contributed by atoms with Crippen LogP contribution >= 0.6 is 22.9 Å². The average molecular weight is 571 g/mol. The van der Waals surface area contributed by atoms with Crippen LogP contribution in [0.25, 0.3) is 10.2 Å². The Morgan fingerprint density at radius 2 is 1.66 bits per heavy atom. The van der Waals surface area contributed by atoms with Gasteiger partial charge in [0.1, 0.15) is 0 Å². The van der Waals surface area contributed by atoms with Crippen LogP contribution in [0, 0.1) is 6.92 Å². The highest BCUT2D eigenvalue weighted by Crippen LogP contribution is 2.34. The number of benzene rings is 3. The second-order valence-corrected chi connectivity index (χ2v) is 12.9. The second kappa shape index (κ2) is 11.9. The molecule has 1 amide bonds. The second-order valence-electron chi connectivity index (χ2n) is 9.45. The molecule has 4 aromatic rings. The molecule has 0 aliphatic carbocycles. The minimum absolute atomic E-state index is 0.136. The van der Waals surface area contributed by atoms with Gasteiger partial charge in [-0.05, 0) is 81.5 Å². The summed E-state index contributed by atoms with van der Waals surface area (Å²) >= 11 is 7.67. The molecule has 0 N–H and O–H groups in total. The van der Waals surface area contributed by atoms with Gasteiger partial charge in [-0.25, -0.2) is 13.4 Å². The number of nitrogens with zero attached hydrogens (tertiary/aromatic N) is 4. The van der Waals surface area contributed by atoms with E-state index in [1.54, 1.807) is 24.1 Å². The van der Waals surface area contributed by atoms with Gasteiger partial charge in [-0.3, -0.25) is 9.69 Å². The Bertz CT molecular complexity index is 1520. The molecule has 0 fully saturated rings. The van der Waals surface area contributed by atoms with Gasteiger partial charge in [-0.2, -0.15) is 4.31 Å².